The van der Waals surface area contributed by atoms with Crippen molar-refractivity contribution in [1.82, 2.24) is 0 Å². The molecule has 0 fully saturated rings. The van der Waals surface area contributed by atoms with Crippen LogP contribution in [0.3, 0.4) is 0 Å². The number of aryl methyl sites for hydroxylation is 2. The molecule has 0 saturated carbocycles. The Balaban J connectivity index is 1.38. The van der Waals surface area contributed by atoms with Crippen LogP contribution in [0.4, 0.5) is 0 Å². The predicted octanol–water partition coefficient (Wildman–Crippen LogP) is 7.49. The molecule has 0 atom stereocenters. The minimum absolute atomic E-state index is 0.0235. The molecule has 264 valence electrons. The van der Waals surface area contributed by atoms with Crippen molar-refractivity contribution in [2.75, 3.05) is 0 Å². The molecule has 0 bridgehead atoms. The summed E-state index contributed by atoms with van der Waals surface area (Å²) in [6.45, 7) is 3.69. The van der Waals surface area contributed by atoms with Crippen LogP contribution in [-0.4, -0.2) is 39.5 Å². The number of phenols is 1. The second-order valence-electron chi connectivity index (χ2n) is 12.5. The summed E-state index contributed by atoms with van der Waals surface area (Å²) in [6.07, 6.45) is 0. The highest BCUT2D eigenvalue weighted by Gasteiger charge is 2.47. The Kier molecular flexibility index (Phi) is 8.39. The van der Waals surface area contributed by atoms with E-state index in [0.717, 1.165) is 5.56 Å². The van der Waals surface area contributed by atoms with Crippen molar-refractivity contribution < 1.29 is 44.2 Å². The lowest BCUT2D eigenvalue weighted by atomic mass is 9.67. The van der Waals surface area contributed by atoms with Gasteiger partial charge >= 0.3 is 0 Å². The van der Waals surface area contributed by atoms with Crippen molar-refractivity contribution in [1.29, 1.82) is 0 Å². The molecule has 0 aliphatic heterocycles. The molecule has 0 saturated heterocycles. The van der Waals surface area contributed by atoms with Gasteiger partial charge in [0.05, 0.1) is 25.0 Å². The molecule has 0 unspecified atom stereocenters. The summed E-state index contributed by atoms with van der Waals surface area (Å²) in [5.74, 6) is 0.719. The van der Waals surface area contributed by atoms with E-state index in [1.165, 1.54) is 72.8 Å². The van der Waals surface area contributed by atoms with Gasteiger partial charge in [-0.1, -0.05) is 54.1 Å². The van der Waals surface area contributed by atoms with Crippen LogP contribution in [0.1, 0.15) is 33.4 Å². The fourth-order valence-corrected chi connectivity index (χ4v) is 9.12. The van der Waals surface area contributed by atoms with Gasteiger partial charge in [0, 0.05) is 0 Å². The SMILES string of the molecule is Cc1cccc(C2(c3ccc(Oc4ccc(S(=O)(=O)c5ccc(O)cc5)cc4)c(C)c3)c3cc(S(=O)(=O)O)ccc3-c3ccc(S(=O)(=O)O)cc32)c1. The maximum Gasteiger partial charge on any atom is 0.294 e. The van der Waals surface area contributed by atoms with Crippen molar-refractivity contribution in [3.8, 4) is 28.4 Å². The lowest BCUT2D eigenvalue weighted by molar-refractivity contribution is 0.474. The molecule has 52 heavy (non-hydrogen) atoms. The van der Waals surface area contributed by atoms with E-state index in [1.807, 2.05) is 37.3 Å². The van der Waals surface area contributed by atoms with E-state index in [2.05, 4.69) is 0 Å². The van der Waals surface area contributed by atoms with Gasteiger partial charge in [0.25, 0.3) is 20.2 Å². The molecule has 0 aromatic heterocycles. The molecule has 6 aromatic carbocycles. The summed E-state index contributed by atoms with van der Waals surface area (Å²) in [7, 11) is -13.1. The predicted molar refractivity (Wildman–Crippen MR) is 193 cm³/mol. The molecule has 0 amide bonds. The van der Waals surface area contributed by atoms with E-state index in [9.17, 15) is 39.5 Å². The van der Waals surface area contributed by atoms with E-state index in [4.69, 9.17) is 4.74 Å². The minimum atomic E-state index is -4.65. The standard InChI is InChI=1S/C39H30O10S3/c1-24-4-3-5-26(20-24)39(36-22-32(51(43,44)45)15-17-34(36)35-18-16-33(23-37(35)39)52(46,47)48)27-6-19-38(25(2)21-27)49-29-9-13-31(14-10-29)50(41,42)30-11-7-28(40)8-12-30/h3-23,40H,1-2H3,(H,43,44,45)(H,46,47,48). The maximum absolute atomic E-state index is 13.1. The van der Waals surface area contributed by atoms with E-state index >= 15 is 0 Å². The van der Waals surface area contributed by atoms with Gasteiger partial charge in [-0.2, -0.15) is 16.8 Å². The van der Waals surface area contributed by atoms with Gasteiger partial charge in [0.15, 0.2) is 0 Å². The fourth-order valence-electron chi connectivity index (χ4n) is 6.84. The Morgan fingerprint density at radius 1 is 0.538 bits per heavy atom. The molecular formula is C39H30O10S3. The lowest BCUT2D eigenvalue weighted by Gasteiger charge is -2.35. The van der Waals surface area contributed by atoms with Gasteiger partial charge in [-0.3, -0.25) is 9.11 Å². The Bertz CT molecular complexity index is 2660. The van der Waals surface area contributed by atoms with Crippen LogP contribution in [0, 0.1) is 13.8 Å². The molecule has 6 aromatic rings. The van der Waals surface area contributed by atoms with Crippen molar-refractivity contribution in [3.05, 3.63) is 161 Å². The Labute approximate surface area is 301 Å². The normalized spacial score (nSPS) is 13.7. The second-order valence-corrected chi connectivity index (χ2v) is 17.3. The molecular weight excluding hydrogens is 725 g/mol. The van der Waals surface area contributed by atoms with Crippen molar-refractivity contribution in [3.63, 3.8) is 0 Å². The lowest BCUT2D eigenvalue weighted by Crippen LogP contribution is -2.29. The van der Waals surface area contributed by atoms with Crippen LogP contribution in [0.5, 0.6) is 17.2 Å². The summed E-state index contributed by atoms with van der Waals surface area (Å²) in [4.78, 5) is -0.641. The first-order valence-electron chi connectivity index (χ1n) is 15.7. The number of rotatable bonds is 8. The third-order valence-corrected chi connectivity index (χ3v) is 12.7. The van der Waals surface area contributed by atoms with Gasteiger partial charge in [-0.05, 0) is 132 Å². The quantitative estimate of drug-likeness (QED) is 0.132. The Hall–Kier alpha value is -5.31. The van der Waals surface area contributed by atoms with Crippen molar-refractivity contribution >= 4 is 30.1 Å². The van der Waals surface area contributed by atoms with Crippen LogP contribution in [-0.2, 0) is 35.5 Å². The highest BCUT2D eigenvalue weighted by molar-refractivity contribution is 7.91. The summed E-state index contributed by atoms with van der Waals surface area (Å²) >= 11 is 0. The minimum Gasteiger partial charge on any atom is -0.508 e. The van der Waals surface area contributed by atoms with E-state index in [1.54, 1.807) is 31.2 Å². The van der Waals surface area contributed by atoms with E-state index in [0.29, 0.717) is 50.4 Å². The van der Waals surface area contributed by atoms with Crippen LogP contribution < -0.4 is 4.74 Å². The second kappa shape index (κ2) is 12.4. The van der Waals surface area contributed by atoms with Crippen LogP contribution in [0.25, 0.3) is 11.1 Å². The smallest absolute Gasteiger partial charge is 0.294 e. The number of sulfone groups is 1. The van der Waals surface area contributed by atoms with Crippen LogP contribution >= 0.6 is 0 Å². The monoisotopic (exact) mass is 754 g/mol. The topological polar surface area (TPSA) is 172 Å². The highest BCUT2D eigenvalue weighted by atomic mass is 32.2. The summed E-state index contributed by atoms with van der Waals surface area (Å²) in [5.41, 5.74) is 3.60. The zero-order chi connectivity index (χ0) is 37.2. The molecule has 3 N–H and O–H groups in total. The third kappa shape index (κ3) is 5.95. The molecule has 13 heteroatoms. The van der Waals surface area contributed by atoms with Gasteiger partial charge in [0.2, 0.25) is 9.84 Å². The average molecular weight is 755 g/mol. The summed E-state index contributed by atoms with van der Waals surface area (Å²) in [5, 5.41) is 9.55. The molecule has 0 heterocycles. The molecule has 7 rings (SSSR count). The molecule has 0 spiro atoms. The molecule has 1 aliphatic carbocycles. The first-order valence-corrected chi connectivity index (χ1v) is 20.1. The van der Waals surface area contributed by atoms with Gasteiger partial charge in [0.1, 0.15) is 17.2 Å². The highest BCUT2D eigenvalue weighted by Crippen LogP contribution is 2.57. The zero-order valence-electron chi connectivity index (χ0n) is 27.5. The van der Waals surface area contributed by atoms with Gasteiger partial charge in [-0.15, -0.1) is 0 Å². The fraction of sp³-hybridized carbons (Fsp3) is 0.0769. The van der Waals surface area contributed by atoms with Crippen LogP contribution in [0.2, 0.25) is 0 Å². The van der Waals surface area contributed by atoms with Crippen LogP contribution in [0.15, 0.2) is 147 Å². The van der Waals surface area contributed by atoms with Crippen molar-refractivity contribution in [2.24, 2.45) is 0 Å². The number of phenolic OH excluding ortho intramolecular Hbond substituents is 1. The summed E-state index contributed by atoms with van der Waals surface area (Å²) < 4.78 is 102. The van der Waals surface area contributed by atoms with Crippen molar-refractivity contribution in [2.45, 2.75) is 38.8 Å². The number of ether oxygens (including phenoxy) is 1. The molecule has 10 nitrogen and oxygen atoms in total. The third-order valence-electron chi connectivity index (χ3n) is 9.24. The maximum atomic E-state index is 13.1. The first-order chi connectivity index (χ1) is 24.5. The van der Waals surface area contributed by atoms with E-state index in [-0.39, 0.29) is 25.3 Å². The Morgan fingerprint density at radius 3 is 1.54 bits per heavy atom. The largest absolute Gasteiger partial charge is 0.508 e. The number of fused-ring (bicyclic) bond motifs is 3. The molecule has 1 aliphatic rings. The zero-order valence-corrected chi connectivity index (χ0v) is 30.0. The van der Waals surface area contributed by atoms with Gasteiger partial charge < -0.3 is 9.84 Å². The van der Waals surface area contributed by atoms with Gasteiger partial charge in [-0.25, -0.2) is 8.42 Å². The molecule has 0 radical (unpaired) electrons. The average Bonchev–Trinajstić information content (AvgIpc) is 3.39. The number of aromatic hydroxyl groups is 1. The Morgan fingerprint density at radius 2 is 1.04 bits per heavy atom. The summed E-state index contributed by atoms with van der Waals surface area (Å²) in [6, 6.07) is 32.4. The number of hydrogen-bond donors (Lipinski definition) is 3. The number of hydrogen-bond acceptors (Lipinski definition) is 8. The number of benzene rings is 6. The van der Waals surface area contributed by atoms with E-state index < -0.39 is 35.5 Å². The first kappa shape index (κ1) is 35.1.